The third kappa shape index (κ3) is 5.63. The van der Waals surface area contributed by atoms with Crippen LogP contribution in [-0.2, 0) is 19.2 Å². The normalized spacial score (nSPS) is 12.3. The zero-order valence-electron chi connectivity index (χ0n) is 17.0. The summed E-state index contributed by atoms with van der Waals surface area (Å²) in [5.41, 5.74) is 2.95. The molecule has 0 atom stereocenters. The Hall–Kier alpha value is -3.75. The van der Waals surface area contributed by atoms with Gasteiger partial charge in [0.1, 0.15) is 0 Å². The van der Waals surface area contributed by atoms with Gasteiger partial charge in [-0.05, 0) is 49.4 Å². The minimum Gasteiger partial charge on any atom is -0.454 e. The molecule has 0 aliphatic carbocycles. The van der Waals surface area contributed by atoms with Crippen molar-refractivity contribution in [2.24, 2.45) is 5.16 Å². The molecular weight excluding hydrogens is 390 g/mol. The third-order valence-electron chi connectivity index (χ3n) is 4.21. The molecule has 1 aliphatic rings. The molecule has 1 heterocycles. The summed E-state index contributed by atoms with van der Waals surface area (Å²) in [5, 5.41) is 6.55. The van der Waals surface area contributed by atoms with Gasteiger partial charge in [-0.25, -0.2) is 4.79 Å². The summed E-state index contributed by atoms with van der Waals surface area (Å²) in [6, 6.07) is 12.6. The zero-order chi connectivity index (χ0) is 21.5. The Balaban J connectivity index is 1.40. The summed E-state index contributed by atoms with van der Waals surface area (Å²) in [7, 11) is 3.85. The van der Waals surface area contributed by atoms with Crippen LogP contribution in [0.1, 0.15) is 12.5 Å². The molecule has 3 rings (SSSR count). The fourth-order valence-electron chi connectivity index (χ4n) is 2.58. The van der Waals surface area contributed by atoms with Gasteiger partial charge in [0.05, 0.1) is 5.71 Å². The Labute approximate surface area is 174 Å². The summed E-state index contributed by atoms with van der Waals surface area (Å²) in [6.45, 7) is 1.10. The van der Waals surface area contributed by atoms with Gasteiger partial charge in [-0.2, -0.15) is 0 Å². The number of oxime groups is 1. The lowest BCUT2D eigenvalue weighted by atomic mass is 10.1. The van der Waals surface area contributed by atoms with Gasteiger partial charge in [0, 0.05) is 31.0 Å². The molecule has 0 saturated heterocycles. The van der Waals surface area contributed by atoms with Crippen molar-refractivity contribution < 1.29 is 28.6 Å². The molecule has 30 heavy (non-hydrogen) atoms. The van der Waals surface area contributed by atoms with Crippen molar-refractivity contribution >= 4 is 29.0 Å². The SMILES string of the molecule is C/C(=N/OCC(=O)OCC(=O)Nc1ccc(N(C)C)cc1)c1ccc2c(c1)OCO2. The molecule has 1 amide bonds. The second-order valence-corrected chi connectivity index (χ2v) is 6.67. The largest absolute Gasteiger partial charge is 0.454 e. The topological polar surface area (TPSA) is 98.7 Å². The molecule has 9 nitrogen and oxygen atoms in total. The van der Waals surface area contributed by atoms with Crippen molar-refractivity contribution in [2.45, 2.75) is 6.92 Å². The number of hydrogen-bond donors (Lipinski definition) is 1. The van der Waals surface area contributed by atoms with Crippen LogP contribution < -0.4 is 19.7 Å². The van der Waals surface area contributed by atoms with Crippen LogP contribution in [0.5, 0.6) is 11.5 Å². The highest BCUT2D eigenvalue weighted by Crippen LogP contribution is 2.32. The minimum absolute atomic E-state index is 0.187. The predicted octanol–water partition coefficient (Wildman–Crippen LogP) is 2.40. The number of anilines is 2. The van der Waals surface area contributed by atoms with Crippen LogP contribution in [-0.4, -0.2) is 51.7 Å². The molecule has 0 radical (unpaired) electrons. The van der Waals surface area contributed by atoms with Gasteiger partial charge in [-0.15, -0.1) is 0 Å². The van der Waals surface area contributed by atoms with Gasteiger partial charge in [-0.3, -0.25) is 4.79 Å². The van der Waals surface area contributed by atoms with E-state index in [9.17, 15) is 9.59 Å². The highest BCUT2D eigenvalue weighted by atomic mass is 16.7. The number of carbonyl (C=O) groups excluding carboxylic acids is 2. The Morgan fingerprint density at radius 3 is 2.53 bits per heavy atom. The maximum atomic E-state index is 11.9. The summed E-state index contributed by atoms with van der Waals surface area (Å²) >= 11 is 0. The van der Waals surface area contributed by atoms with Gasteiger partial charge in [0.25, 0.3) is 5.91 Å². The predicted molar refractivity (Wildman–Crippen MR) is 111 cm³/mol. The maximum Gasteiger partial charge on any atom is 0.347 e. The van der Waals surface area contributed by atoms with Crippen LogP contribution in [0.4, 0.5) is 11.4 Å². The molecule has 158 valence electrons. The van der Waals surface area contributed by atoms with Crippen LogP contribution in [0, 0.1) is 0 Å². The van der Waals surface area contributed by atoms with Gasteiger partial charge in [0.2, 0.25) is 13.4 Å². The molecule has 0 fully saturated rings. The summed E-state index contributed by atoms with van der Waals surface area (Å²) < 4.78 is 15.5. The fraction of sp³-hybridized carbons (Fsp3) is 0.286. The minimum atomic E-state index is -0.699. The molecule has 2 aromatic carbocycles. The van der Waals surface area contributed by atoms with Crippen LogP contribution in [0.3, 0.4) is 0 Å². The van der Waals surface area contributed by atoms with Crippen LogP contribution in [0.25, 0.3) is 0 Å². The van der Waals surface area contributed by atoms with Crippen LogP contribution in [0.2, 0.25) is 0 Å². The van der Waals surface area contributed by atoms with E-state index >= 15 is 0 Å². The Bertz CT molecular complexity index is 940. The van der Waals surface area contributed by atoms with Gasteiger partial charge in [-0.1, -0.05) is 5.16 Å². The Morgan fingerprint density at radius 1 is 1.07 bits per heavy atom. The van der Waals surface area contributed by atoms with E-state index in [0.717, 1.165) is 11.3 Å². The monoisotopic (exact) mass is 413 g/mol. The summed E-state index contributed by atoms with van der Waals surface area (Å²) in [5.74, 6) is 0.156. The van der Waals surface area contributed by atoms with Crippen molar-refractivity contribution in [3.63, 3.8) is 0 Å². The third-order valence-corrected chi connectivity index (χ3v) is 4.21. The Kier molecular flexibility index (Phi) is 6.74. The average molecular weight is 413 g/mol. The summed E-state index contributed by atoms with van der Waals surface area (Å²) in [6.07, 6.45) is 0. The van der Waals surface area contributed by atoms with E-state index in [0.29, 0.717) is 22.9 Å². The molecule has 0 spiro atoms. The highest BCUT2D eigenvalue weighted by Gasteiger charge is 2.14. The van der Waals surface area contributed by atoms with E-state index in [1.807, 2.05) is 37.2 Å². The highest BCUT2D eigenvalue weighted by molar-refractivity contribution is 5.99. The van der Waals surface area contributed by atoms with E-state index in [-0.39, 0.29) is 6.79 Å². The first-order chi connectivity index (χ1) is 14.4. The molecule has 0 bridgehead atoms. The number of ether oxygens (including phenoxy) is 3. The lowest BCUT2D eigenvalue weighted by Crippen LogP contribution is -2.22. The van der Waals surface area contributed by atoms with Crippen molar-refractivity contribution in [3.05, 3.63) is 48.0 Å². The lowest BCUT2D eigenvalue weighted by Gasteiger charge is -2.13. The molecule has 0 aromatic heterocycles. The van der Waals surface area contributed by atoms with Gasteiger partial charge >= 0.3 is 5.97 Å². The van der Waals surface area contributed by atoms with E-state index in [2.05, 4.69) is 10.5 Å². The molecule has 9 heteroatoms. The second-order valence-electron chi connectivity index (χ2n) is 6.67. The number of carbonyl (C=O) groups is 2. The fourth-order valence-corrected chi connectivity index (χ4v) is 2.58. The van der Waals surface area contributed by atoms with Crippen molar-refractivity contribution in [3.8, 4) is 11.5 Å². The molecule has 1 N–H and O–H groups in total. The quantitative estimate of drug-likeness (QED) is 0.403. The zero-order valence-corrected chi connectivity index (χ0v) is 17.0. The molecular formula is C21H23N3O6. The molecule has 0 saturated carbocycles. The van der Waals surface area contributed by atoms with Gasteiger partial charge < -0.3 is 29.3 Å². The number of hydrogen-bond acceptors (Lipinski definition) is 8. The van der Waals surface area contributed by atoms with E-state index < -0.39 is 25.1 Å². The number of fused-ring (bicyclic) bond motifs is 1. The molecule has 1 aliphatic heterocycles. The second kappa shape index (κ2) is 9.64. The number of esters is 1. The lowest BCUT2D eigenvalue weighted by molar-refractivity contribution is -0.151. The summed E-state index contributed by atoms with van der Waals surface area (Å²) in [4.78, 5) is 30.6. The smallest absolute Gasteiger partial charge is 0.347 e. The first-order valence-electron chi connectivity index (χ1n) is 9.22. The van der Waals surface area contributed by atoms with E-state index in [4.69, 9.17) is 19.0 Å². The van der Waals surface area contributed by atoms with Crippen molar-refractivity contribution in [2.75, 3.05) is 44.3 Å². The number of rotatable bonds is 8. The number of nitrogens with one attached hydrogen (secondary N) is 1. The van der Waals surface area contributed by atoms with Gasteiger partial charge in [0.15, 0.2) is 18.1 Å². The first kappa shape index (κ1) is 21.0. The van der Waals surface area contributed by atoms with Crippen LogP contribution >= 0.6 is 0 Å². The molecule has 0 unspecified atom stereocenters. The standard InChI is InChI=1S/C21H23N3O6/c1-14(15-4-9-18-19(10-15)29-13-28-18)23-30-12-21(26)27-11-20(25)22-16-5-7-17(8-6-16)24(2)3/h4-10H,11-13H2,1-3H3,(H,22,25)/b23-14-. The number of amides is 1. The maximum absolute atomic E-state index is 11.9. The van der Waals surface area contributed by atoms with Crippen molar-refractivity contribution in [1.82, 2.24) is 0 Å². The van der Waals surface area contributed by atoms with Crippen molar-refractivity contribution in [1.29, 1.82) is 0 Å². The van der Waals surface area contributed by atoms with Crippen LogP contribution in [0.15, 0.2) is 47.6 Å². The molecule has 2 aromatic rings. The average Bonchev–Trinajstić information content (AvgIpc) is 3.20. The Morgan fingerprint density at radius 2 is 1.80 bits per heavy atom. The number of benzene rings is 2. The number of nitrogens with zero attached hydrogens (tertiary/aromatic N) is 2. The van der Waals surface area contributed by atoms with E-state index in [1.54, 1.807) is 31.2 Å². The first-order valence-corrected chi connectivity index (χ1v) is 9.22. The van der Waals surface area contributed by atoms with E-state index in [1.165, 1.54) is 0 Å².